The lowest BCUT2D eigenvalue weighted by Crippen LogP contribution is -1.87. The summed E-state index contributed by atoms with van der Waals surface area (Å²) in [5.74, 6) is 0.858. The van der Waals surface area contributed by atoms with Crippen molar-refractivity contribution in [1.82, 2.24) is 9.97 Å². The first kappa shape index (κ1) is 14.1. The Morgan fingerprint density at radius 1 is 0.840 bits per heavy atom. The highest BCUT2D eigenvalue weighted by Crippen LogP contribution is 2.35. The molecular weight excluding hydrogens is 308 g/mol. The first-order valence-corrected chi connectivity index (χ1v) is 8.28. The van der Waals surface area contributed by atoms with Crippen LogP contribution in [0.2, 0.25) is 0 Å². The van der Waals surface area contributed by atoms with Crippen LogP contribution in [0.1, 0.15) is 0 Å². The highest BCUT2D eigenvalue weighted by molar-refractivity contribution is 6.13. The lowest BCUT2D eigenvalue weighted by Gasteiger charge is -2.07. The second-order valence-electron chi connectivity index (χ2n) is 6.15. The van der Waals surface area contributed by atoms with Gasteiger partial charge in [-0.05, 0) is 35.0 Å². The van der Waals surface area contributed by atoms with Gasteiger partial charge in [-0.25, -0.2) is 0 Å². The largest absolute Gasteiger partial charge is 0.497 e. The average molecular weight is 324 g/mol. The molecule has 0 aliphatic carbocycles. The van der Waals surface area contributed by atoms with Crippen molar-refractivity contribution in [3.8, 4) is 17.0 Å². The minimum Gasteiger partial charge on any atom is -0.497 e. The minimum atomic E-state index is 0.858. The second kappa shape index (κ2) is 5.35. The second-order valence-corrected chi connectivity index (χ2v) is 6.15. The summed E-state index contributed by atoms with van der Waals surface area (Å²) in [5.41, 5.74) is 4.26. The van der Waals surface area contributed by atoms with Gasteiger partial charge in [0.25, 0.3) is 0 Å². The van der Waals surface area contributed by atoms with Crippen LogP contribution in [0.4, 0.5) is 0 Å². The summed E-state index contributed by atoms with van der Waals surface area (Å²) in [6, 6.07) is 22.9. The molecule has 0 aliphatic rings. The number of aromatic nitrogens is 2. The van der Waals surface area contributed by atoms with Gasteiger partial charge in [0.15, 0.2) is 0 Å². The summed E-state index contributed by atoms with van der Waals surface area (Å²) in [7, 11) is 1.69. The van der Waals surface area contributed by atoms with Crippen LogP contribution in [-0.2, 0) is 0 Å². The number of aromatic amines is 1. The molecule has 0 atom stereocenters. The number of ether oxygens (including phenoxy) is 1. The molecule has 0 amide bonds. The Bertz CT molecular complexity index is 1230. The third kappa shape index (κ3) is 2.09. The van der Waals surface area contributed by atoms with Gasteiger partial charge in [0.2, 0.25) is 0 Å². The van der Waals surface area contributed by atoms with E-state index in [-0.39, 0.29) is 0 Å². The van der Waals surface area contributed by atoms with Crippen molar-refractivity contribution in [2.75, 3.05) is 7.11 Å². The SMILES string of the molecule is COc1ccc2[nH]c3c(-c4cccc5ccccc45)nccc3c2c1. The van der Waals surface area contributed by atoms with Crippen molar-refractivity contribution in [3.05, 3.63) is 72.9 Å². The van der Waals surface area contributed by atoms with Crippen LogP contribution < -0.4 is 4.74 Å². The summed E-state index contributed by atoms with van der Waals surface area (Å²) in [6.07, 6.45) is 1.88. The molecule has 0 bridgehead atoms. The zero-order chi connectivity index (χ0) is 16.8. The van der Waals surface area contributed by atoms with Gasteiger partial charge in [0.05, 0.1) is 18.3 Å². The highest BCUT2D eigenvalue weighted by Gasteiger charge is 2.13. The first-order valence-electron chi connectivity index (χ1n) is 8.28. The van der Waals surface area contributed by atoms with E-state index in [1.165, 1.54) is 10.8 Å². The molecule has 3 nitrogen and oxygen atoms in total. The van der Waals surface area contributed by atoms with Gasteiger partial charge in [0, 0.05) is 28.0 Å². The fraction of sp³-hybridized carbons (Fsp3) is 0.0455. The molecule has 2 heterocycles. The maximum atomic E-state index is 5.38. The van der Waals surface area contributed by atoms with Crippen LogP contribution in [0.3, 0.4) is 0 Å². The van der Waals surface area contributed by atoms with Crippen LogP contribution in [0, 0.1) is 0 Å². The number of fused-ring (bicyclic) bond motifs is 4. The van der Waals surface area contributed by atoms with E-state index in [2.05, 4.69) is 65.6 Å². The topological polar surface area (TPSA) is 37.9 Å². The Morgan fingerprint density at radius 2 is 1.72 bits per heavy atom. The van der Waals surface area contributed by atoms with E-state index in [1.807, 2.05) is 12.3 Å². The van der Waals surface area contributed by atoms with E-state index in [4.69, 9.17) is 9.72 Å². The summed E-state index contributed by atoms with van der Waals surface area (Å²) in [6.45, 7) is 0. The molecule has 1 N–H and O–H groups in total. The number of benzene rings is 3. The van der Waals surface area contributed by atoms with Crippen LogP contribution in [0.15, 0.2) is 72.9 Å². The molecule has 0 saturated heterocycles. The van der Waals surface area contributed by atoms with E-state index in [1.54, 1.807) is 7.11 Å². The number of pyridine rings is 1. The lowest BCUT2D eigenvalue weighted by molar-refractivity contribution is 0.415. The van der Waals surface area contributed by atoms with Gasteiger partial charge < -0.3 is 9.72 Å². The molecule has 3 heteroatoms. The number of nitrogens with zero attached hydrogens (tertiary/aromatic N) is 1. The molecular formula is C22H16N2O. The van der Waals surface area contributed by atoms with Crippen molar-refractivity contribution in [2.45, 2.75) is 0 Å². The standard InChI is InChI=1S/C22H16N2O/c1-25-15-9-10-20-19(13-15)18-11-12-23-21(22(18)24-20)17-8-4-6-14-5-2-3-7-16(14)17/h2-13,24H,1H3. The predicted molar refractivity (Wildman–Crippen MR) is 103 cm³/mol. The van der Waals surface area contributed by atoms with Gasteiger partial charge in [-0.15, -0.1) is 0 Å². The maximum absolute atomic E-state index is 5.38. The van der Waals surface area contributed by atoms with Crippen LogP contribution >= 0.6 is 0 Å². The predicted octanol–water partition coefficient (Wildman–Crippen LogP) is 5.54. The Kier molecular flexibility index (Phi) is 3.01. The molecule has 0 unspecified atom stereocenters. The van der Waals surface area contributed by atoms with E-state index in [9.17, 15) is 0 Å². The van der Waals surface area contributed by atoms with Gasteiger partial charge >= 0.3 is 0 Å². The number of hydrogen-bond acceptors (Lipinski definition) is 2. The number of H-pyrrole nitrogens is 1. The fourth-order valence-corrected chi connectivity index (χ4v) is 3.57. The fourth-order valence-electron chi connectivity index (χ4n) is 3.57. The Balaban J connectivity index is 1.87. The van der Waals surface area contributed by atoms with E-state index < -0.39 is 0 Å². The smallest absolute Gasteiger partial charge is 0.119 e. The molecule has 25 heavy (non-hydrogen) atoms. The van der Waals surface area contributed by atoms with E-state index >= 15 is 0 Å². The van der Waals surface area contributed by atoms with Crippen molar-refractivity contribution < 1.29 is 4.74 Å². The zero-order valence-corrected chi connectivity index (χ0v) is 13.8. The molecule has 0 radical (unpaired) electrons. The third-order valence-electron chi connectivity index (χ3n) is 4.77. The summed E-state index contributed by atoms with van der Waals surface area (Å²) in [5, 5.41) is 4.74. The van der Waals surface area contributed by atoms with Crippen LogP contribution in [0.5, 0.6) is 5.75 Å². The minimum absolute atomic E-state index is 0.858. The summed E-state index contributed by atoms with van der Waals surface area (Å²) < 4.78 is 5.38. The summed E-state index contributed by atoms with van der Waals surface area (Å²) >= 11 is 0. The highest BCUT2D eigenvalue weighted by atomic mass is 16.5. The maximum Gasteiger partial charge on any atom is 0.119 e. The molecule has 0 spiro atoms. The number of nitrogens with one attached hydrogen (secondary N) is 1. The van der Waals surface area contributed by atoms with E-state index in [0.717, 1.165) is 38.8 Å². The molecule has 0 saturated carbocycles. The van der Waals surface area contributed by atoms with Crippen molar-refractivity contribution in [3.63, 3.8) is 0 Å². The van der Waals surface area contributed by atoms with Crippen molar-refractivity contribution in [2.24, 2.45) is 0 Å². The average Bonchev–Trinajstić information content (AvgIpc) is 3.05. The van der Waals surface area contributed by atoms with Gasteiger partial charge in [-0.2, -0.15) is 0 Å². The molecule has 0 aliphatic heterocycles. The normalized spacial score (nSPS) is 11.4. The monoisotopic (exact) mass is 324 g/mol. The molecule has 3 aromatic carbocycles. The summed E-state index contributed by atoms with van der Waals surface area (Å²) in [4.78, 5) is 8.25. The van der Waals surface area contributed by atoms with Crippen molar-refractivity contribution >= 4 is 32.6 Å². The first-order chi connectivity index (χ1) is 12.3. The van der Waals surface area contributed by atoms with Crippen molar-refractivity contribution in [1.29, 1.82) is 0 Å². The third-order valence-corrected chi connectivity index (χ3v) is 4.77. The molecule has 0 fully saturated rings. The van der Waals surface area contributed by atoms with Gasteiger partial charge in [-0.1, -0.05) is 42.5 Å². The molecule has 120 valence electrons. The molecule has 5 aromatic rings. The van der Waals surface area contributed by atoms with E-state index in [0.29, 0.717) is 0 Å². The number of hydrogen-bond donors (Lipinski definition) is 1. The Morgan fingerprint density at radius 3 is 2.64 bits per heavy atom. The molecule has 2 aromatic heterocycles. The number of rotatable bonds is 2. The Hall–Kier alpha value is -3.33. The molecule has 5 rings (SSSR count). The quantitative estimate of drug-likeness (QED) is 0.462. The lowest BCUT2D eigenvalue weighted by atomic mass is 10.0. The van der Waals surface area contributed by atoms with Gasteiger partial charge in [0.1, 0.15) is 5.75 Å². The Labute approximate surface area is 144 Å². The zero-order valence-electron chi connectivity index (χ0n) is 13.8. The van der Waals surface area contributed by atoms with Crippen LogP contribution in [0.25, 0.3) is 43.8 Å². The number of methoxy groups -OCH3 is 1. The van der Waals surface area contributed by atoms with Crippen LogP contribution in [-0.4, -0.2) is 17.1 Å². The van der Waals surface area contributed by atoms with Gasteiger partial charge in [-0.3, -0.25) is 4.98 Å².